The van der Waals surface area contributed by atoms with Crippen LogP contribution in [0.15, 0.2) is 78.2 Å². The van der Waals surface area contributed by atoms with Crippen LogP contribution in [0.1, 0.15) is 11.1 Å². The highest BCUT2D eigenvalue weighted by Crippen LogP contribution is 2.31. The molecule has 4 nitrogen and oxygen atoms in total. The number of nitrogens with zero attached hydrogens (tertiary/aromatic N) is 4. The van der Waals surface area contributed by atoms with Gasteiger partial charge in [-0.05, 0) is 42.8 Å². The van der Waals surface area contributed by atoms with Crippen molar-refractivity contribution in [3.8, 4) is 17.1 Å². The molecule has 27 heavy (non-hydrogen) atoms. The molecule has 134 valence electrons. The summed E-state index contributed by atoms with van der Waals surface area (Å²) in [6.07, 6.45) is 3.56. The van der Waals surface area contributed by atoms with E-state index >= 15 is 0 Å². The van der Waals surface area contributed by atoms with Gasteiger partial charge in [-0.25, -0.2) is 0 Å². The molecule has 0 amide bonds. The van der Waals surface area contributed by atoms with Crippen LogP contribution in [0, 0.1) is 6.92 Å². The first-order valence-corrected chi connectivity index (χ1v) is 9.88. The van der Waals surface area contributed by atoms with Crippen LogP contribution in [0.4, 0.5) is 0 Å². The Hall–Kier alpha value is -2.63. The van der Waals surface area contributed by atoms with Crippen molar-refractivity contribution >= 4 is 23.4 Å². The van der Waals surface area contributed by atoms with Gasteiger partial charge in [0.2, 0.25) is 0 Å². The standard InChI is InChI=1S/C21H17ClN4S/c1-15-8-10-18(11-9-15)26-20(16-6-4-12-23-13-16)24-25-21(26)27-14-17-5-2-3-7-19(17)22/h2-13H,14H2,1H3. The van der Waals surface area contributed by atoms with Crippen LogP contribution in [-0.2, 0) is 5.75 Å². The molecule has 0 saturated heterocycles. The van der Waals surface area contributed by atoms with Crippen LogP contribution in [-0.4, -0.2) is 19.7 Å². The van der Waals surface area contributed by atoms with Gasteiger partial charge < -0.3 is 0 Å². The second kappa shape index (κ2) is 7.94. The second-order valence-corrected chi connectivity index (χ2v) is 7.45. The average molecular weight is 393 g/mol. The van der Waals surface area contributed by atoms with E-state index in [1.807, 2.05) is 36.4 Å². The van der Waals surface area contributed by atoms with Gasteiger partial charge in [0.1, 0.15) is 0 Å². The number of aromatic nitrogens is 4. The molecule has 2 heterocycles. The van der Waals surface area contributed by atoms with Gasteiger partial charge in [-0.3, -0.25) is 9.55 Å². The molecule has 0 atom stereocenters. The van der Waals surface area contributed by atoms with Gasteiger partial charge >= 0.3 is 0 Å². The van der Waals surface area contributed by atoms with Crippen molar-refractivity contribution in [2.75, 3.05) is 0 Å². The summed E-state index contributed by atoms with van der Waals surface area (Å²) in [6, 6.07) is 20.1. The van der Waals surface area contributed by atoms with E-state index in [0.29, 0.717) is 0 Å². The molecule has 4 aromatic rings. The number of benzene rings is 2. The monoisotopic (exact) mass is 392 g/mol. The lowest BCUT2D eigenvalue weighted by atomic mass is 10.2. The number of halogens is 1. The van der Waals surface area contributed by atoms with Crippen LogP contribution in [0.2, 0.25) is 5.02 Å². The molecule has 4 rings (SSSR count). The highest BCUT2D eigenvalue weighted by atomic mass is 35.5. The van der Waals surface area contributed by atoms with Crippen molar-refractivity contribution < 1.29 is 0 Å². The zero-order valence-corrected chi connectivity index (χ0v) is 16.3. The van der Waals surface area contributed by atoms with Crippen LogP contribution in [0.5, 0.6) is 0 Å². The number of pyridine rings is 1. The van der Waals surface area contributed by atoms with Gasteiger partial charge in [-0.1, -0.05) is 59.3 Å². The Morgan fingerprint density at radius 3 is 2.52 bits per heavy atom. The van der Waals surface area contributed by atoms with E-state index < -0.39 is 0 Å². The smallest absolute Gasteiger partial charge is 0.196 e. The average Bonchev–Trinajstić information content (AvgIpc) is 3.12. The van der Waals surface area contributed by atoms with Crippen molar-refractivity contribution in [2.24, 2.45) is 0 Å². The topological polar surface area (TPSA) is 43.6 Å². The van der Waals surface area contributed by atoms with Crippen molar-refractivity contribution in [2.45, 2.75) is 17.8 Å². The summed E-state index contributed by atoms with van der Waals surface area (Å²) in [5.74, 6) is 1.49. The molecule has 0 aliphatic carbocycles. The zero-order valence-electron chi connectivity index (χ0n) is 14.7. The quantitative estimate of drug-likeness (QED) is 0.415. The minimum atomic E-state index is 0.719. The molecule has 0 fully saturated rings. The maximum atomic E-state index is 6.30. The first-order chi connectivity index (χ1) is 13.2. The van der Waals surface area contributed by atoms with E-state index in [1.165, 1.54) is 5.56 Å². The van der Waals surface area contributed by atoms with E-state index in [0.717, 1.165) is 38.6 Å². The first kappa shape index (κ1) is 17.8. The summed E-state index contributed by atoms with van der Waals surface area (Å²) in [6.45, 7) is 2.07. The second-order valence-electron chi connectivity index (χ2n) is 6.10. The molecule has 0 aliphatic rings. The normalized spacial score (nSPS) is 10.9. The van der Waals surface area contributed by atoms with Gasteiger partial charge in [0.05, 0.1) is 0 Å². The maximum absolute atomic E-state index is 6.30. The van der Waals surface area contributed by atoms with E-state index in [4.69, 9.17) is 11.6 Å². The number of hydrogen-bond donors (Lipinski definition) is 0. The minimum absolute atomic E-state index is 0.719. The molecule has 0 bridgehead atoms. The Balaban J connectivity index is 1.74. The molecular weight excluding hydrogens is 376 g/mol. The Morgan fingerprint density at radius 1 is 0.963 bits per heavy atom. The van der Waals surface area contributed by atoms with Gasteiger partial charge in [-0.2, -0.15) is 0 Å². The van der Waals surface area contributed by atoms with E-state index in [9.17, 15) is 0 Å². The molecule has 0 aliphatic heterocycles. The summed E-state index contributed by atoms with van der Waals surface area (Å²) >= 11 is 7.91. The summed E-state index contributed by atoms with van der Waals surface area (Å²) in [4.78, 5) is 4.22. The van der Waals surface area contributed by atoms with Crippen LogP contribution in [0.3, 0.4) is 0 Å². The Labute approximate surface area is 167 Å². The number of hydrogen-bond acceptors (Lipinski definition) is 4. The predicted octanol–water partition coefficient (Wildman–Crippen LogP) is 5.58. The van der Waals surface area contributed by atoms with Crippen molar-refractivity contribution in [3.05, 3.63) is 89.2 Å². The molecule has 2 aromatic heterocycles. The molecule has 0 unspecified atom stereocenters. The van der Waals surface area contributed by atoms with Gasteiger partial charge in [0.15, 0.2) is 11.0 Å². The fourth-order valence-corrected chi connectivity index (χ4v) is 3.97. The van der Waals surface area contributed by atoms with Crippen molar-refractivity contribution in [1.29, 1.82) is 0 Å². The third-order valence-corrected chi connectivity index (χ3v) is 5.51. The summed E-state index contributed by atoms with van der Waals surface area (Å²) in [5.41, 5.74) is 4.23. The first-order valence-electron chi connectivity index (χ1n) is 8.51. The van der Waals surface area contributed by atoms with Crippen molar-refractivity contribution in [1.82, 2.24) is 19.7 Å². The molecule has 0 radical (unpaired) electrons. The SMILES string of the molecule is Cc1ccc(-n2c(SCc3ccccc3Cl)nnc2-c2cccnc2)cc1. The number of aryl methyl sites for hydroxylation is 1. The third-order valence-electron chi connectivity index (χ3n) is 4.16. The molecular formula is C21H17ClN4S. The molecule has 6 heteroatoms. The van der Waals surface area contributed by atoms with Crippen LogP contribution in [0.25, 0.3) is 17.1 Å². The van der Waals surface area contributed by atoms with E-state index in [-0.39, 0.29) is 0 Å². The Morgan fingerprint density at radius 2 is 1.78 bits per heavy atom. The van der Waals surface area contributed by atoms with Gasteiger partial charge in [0, 0.05) is 34.4 Å². The van der Waals surface area contributed by atoms with Gasteiger partial charge in [0.25, 0.3) is 0 Å². The predicted molar refractivity (Wildman–Crippen MR) is 110 cm³/mol. The molecule has 0 N–H and O–H groups in total. The fourth-order valence-electron chi connectivity index (χ4n) is 2.73. The Kier molecular flexibility index (Phi) is 5.23. The highest BCUT2D eigenvalue weighted by molar-refractivity contribution is 7.98. The number of thioether (sulfide) groups is 1. The van der Waals surface area contributed by atoms with Crippen molar-refractivity contribution in [3.63, 3.8) is 0 Å². The number of rotatable bonds is 5. The summed E-state index contributed by atoms with van der Waals surface area (Å²) < 4.78 is 2.07. The largest absolute Gasteiger partial charge is 0.270 e. The Bertz CT molecular complexity index is 1050. The zero-order chi connectivity index (χ0) is 18.6. The fraction of sp³-hybridized carbons (Fsp3) is 0.0952. The van der Waals surface area contributed by atoms with Gasteiger partial charge in [-0.15, -0.1) is 10.2 Å². The lowest BCUT2D eigenvalue weighted by molar-refractivity contribution is 0.885. The third kappa shape index (κ3) is 3.89. The van der Waals surface area contributed by atoms with Crippen LogP contribution < -0.4 is 0 Å². The van der Waals surface area contributed by atoms with Crippen LogP contribution >= 0.6 is 23.4 Å². The molecule has 0 saturated carbocycles. The summed E-state index contributed by atoms with van der Waals surface area (Å²) in [7, 11) is 0. The lowest BCUT2D eigenvalue weighted by Crippen LogP contribution is -2.00. The lowest BCUT2D eigenvalue weighted by Gasteiger charge is -2.11. The highest BCUT2D eigenvalue weighted by Gasteiger charge is 2.16. The molecule has 0 spiro atoms. The minimum Gasteiger partial charge on any atom is -0.270 e. The maximum Gasteiger partial charge on any atom is 0.196 e. The van der Waals surface area contributed by atoms with E-state index in [2.05, 4.69) is 50.9 Å². The summed E-state index contributed by atoms with van der Waals surface area (Å²) in [5, 5.41) is 10.5. The molecule has 2 aromatic carbocycles. The van der Waals surface area contributed by atoms with E-state index in [1.54, 1.807) is 24.2 Å².